The van der Waals surface area contributed by atoms with E-state index in [-0.39, 0.29) is 11.9 Å². The number of carbonyl (C=O) groups is 1. The third kappa shape index (κ3) is 2.48. The second-order valence-electron chi connectivity index (χ2n) is 4.09. The van der Waals surface area contributed by atoms with Gasteiger partial charge in [0.15, 0.2) is 6.04 Å². The lowest BCUT2D eigenvalue weighted by Gasteiger charge is -2.35. The zero-order chi connectivity index (χ0) is 12.3. The Balaban J connectivity index is 2.00. The molecule has 2 heterocycles. The Kier molecular flexibility index (Phi) is 3.45. The largest absolute Gasteiger partial charge is 0.467 e. The zero-order valence-corrected chi connectivity index (χ0v) is 9.80. The van der Waals surface area contributed by atoms with Gasteiger partial charge in [-0.15, -0.1) is 0 Å². The minimum absolute atomic E-state index is 0.0937. The van der Waals surface area contributed by atoms with Crippen LogP contribution >= 0.6 is 0 Å². The van der Waals surface area contributed by atoms with Crippen molar-refractivity contribution < 1.29 is 9.21 Å². The van der Waals surface area contributed by atoms with Crippen LogP contribution in [0.3, 0.4) is 0 Å². The Hall–Kier alpha value is -1.80. The molecule has 17 heavy (non-hydrogen) atoms. The van der Waals surface area contributed by atoms with Crippen molar-refractivity contribution in [3.05, 3.63) is 24.2 Å². The molecule has 5 nitrogen and oxygen atoms in total. The Morgan fingerprint density at radius 3 is 2.65 bits per heavy atom. The fourth-order valence-electron chi connectivity index (χ4n) is 2.07. The summed E-state index contributed by atoms with van der Waals surface area (Å²) in [7, 11) is 0. The van der Waals surface area contributed by atoms with Crippen LogP contribution in [0.25, 0.3) is 0 Å². The normalized spacial score (nSPS) is 18.7. The Bertz CT molecular complexity index is 413. The van der Waals surface area contributed by atoms with Crippen LogP contribution < -0.4 is 0 Å². The molecule has 0 aromatic carbocycles. The van der Waals surface area contributed by atoms with Gasteiger partial charge in [0.1, 0.15) is 5.76 Å². The number of piperazine rings is 1. The van der Waals surface area contributed by atoms with Gasteiger partial charge in [0.25, 0.3) is 0 Å². The van der Waals surface area contributed by atoms with Gasteiger partial charge < -0.3 is 9.32 Å². The van der Waals surface area contributed by atoms with Crippen molar-refractivity contribution in [2.24, 2.45) is 0 Å². The van der Waals surface area contributed by atoms with Crippen LogP contribution in [0.1, 0.15) is 18.7 Å². The van der Waals surface area contributed by atoms with Crippen LogP contribution in [0.4, 0.5) is 0 Å². The van der Waals surface area contributed by atoms with E-state index in [9.17, 15) is 10.1 Å². The highest BCUT2D eigenvalue weighted by molar-refractivity contribution is 5.73. The second-order valence-corrected chi connectivity index (χ2v) is 4.09. The summed E-state index contributed by atoms with van der Waals surface area (Å²) in [5, 5.41) is 9.19. The van der Waals surface area contributed by atoms with Crippen LogP contribution in [-0.4, -0.2) is 41.9 Å². The zero-order valence-electron chi connectivity index (χ0n) is 9.80. The molecule has 2 rings (SSSR count). The van der Waals surface area contributed by atoms with Gasteiger partial charge in [-0.3, -0.25) is 9.69 Å². The number of rotatable bonds is 2. The van der Waals surface area contributed by atoms with E-state index in [0.29, 0.717) is 31.9 Å². The second kappa shape index (κ2) is 5.02. The number of nitrogens with zero attached hydrogens (tertiary/aromatic N) is 3. The van der Waals surface area contributed by atoms with Gasteiger partial charge in [-0.25, -0.2) is 0 Å². The summed E-state index contributed by atoms with van der Waals surface area (Å²) in [5.74, 6) is 0.764. The first-order chi connectivity index (χ1) is 8.22. The van der Waals surface area contributed by atoms with E-state index < -0.39 is 0 Å². The lowest BCUT2D eigenvalue weighted by Crippen LogP contribution is -2.48. The fraction of sp³-hybridized carbons (Fsp3) is 0.500. The Morgan fingerprint density at radius 1 is 1.47 bits per heavy atom. The first-order valence-electron chi connectivity index (χ1n) is 5.65. The van der Waals surface area contributed by atoms with Crippen molar-refractivity contribution in [2.75, 3.05) is 26.2 Å². The minimum Gasteiger partial charge on any atom is -0.467 e. The molecule has 0 N–H and O–H groups in total. The maximum Gasteiger partial charge on any atom is 0.219 e. The Labute approximate surface area is 100 Å². The van der Waals surface area contributed by atoms with Gasteiger partial charge in [0.2, 0.25) is 5.91 Å². The third-order valence-corrected chi connectivity index (χ3v) is 3.06. The SMILES string of the molecule is CC(=O)N1CCN(C(C#N)c2ccco2)CC1. The van der Waals surface area contributed by atoms with E-state index in [1.807, 2.05) is 11.0 Å². The van der Waals surface area contributed by atoms with Crippen molar-refractivity contribution in [1.29, 1.82) is 5.26 Å². The van der Waals surface area contributed by atoms with Crippen molar-refractivity contribution in [2.45, 2.75) is 13.0 Å². The predicted octanol–water partition coefficient (Wildman–Crippen LogP) is 1.01. The summed E-state index contributed by atoms with van der Waals surface area (Å²) < 4.78 is 5.27. The molecule has 1 aromatic heterocycles. The fourth-order valence-corrected chi connectivity index (χ4v) is 2.07. The molecule has 0 bridgehead atoms. The highest BCUT2D eigenvalue weighted by Gasteiger charge is 2.27. The first-order valence-corrected chi connectivity index (χ1v) is 5.65. The number of hydrogen-bond acceptors (Lipinski definition) is 4. The molecule has 0 aliphatic carbocycles. The smallest absolute Gasteiger partial charge is 0.219 e. The summed E-state index contributed by atoms with van der Waals surface area (Å²) in [6.07, 6.45) is 1.57. The van der Waals surface area contributed by atoms with Gasteiger partial charge in [0, 0.05) is 33.1 Å². The summed E-state index contributed by atoms with van der Waals surface area (Å²) in [4.78, 5) is 15.0. The van der Waals surface area contributed by atoms with Gasteiger partial charge in [-0.2, -0.15) is 5.26 Å². The van der Waals surface area contributed by atoms with Crippen LogP contribution in [0.2, 0.25) is 0 Å². The topological polar surface area (TPSA) is 60.5 Å². The predicted molar refractivity (Wildman–Crippen MR) is 60.9 cm³/mol. The molecule has 1 saturated heterocycles. The van der Waals surface area contributed by atoms with Crippen LogP contribution in [0.15, 0.2) is 22.8 Å². The average molecular weight is 233 g/mol. The maximum atomic E-state index is 11.2. The number of furan rings is 1. The molecule has 1 aliphatic heterocycles. The van der Waals surface area contributed by atoms with Crippen molar-refractivity contribution in [1.82, 2.24) is 9.80 Å². The first kappa shape index (κ1) is 11.7. The van der Waals surface area contributed by atoms with Crippen LogP contribution in [-0.2, 0) is 4.79 Å². The summed E-state index contributed by atoms with van der Waals surface area (Å²) in [6.45, 7) is 4.34. The Morgan fingerprint density at radius 2 is 2.18 bits per heavy atom. The molecular weight excluding hydrogens is 218 g/mol. The molecule has 1 unspecified atom stereocenters. The van der Waals surface area contributed by atoms with E-state index in [2.05, 4.69) is 6.07 Å². The summed E-state index contributed by atoms with van der Waals surface area (Å²) >= 11 is 0. The lowest BCUT2D eigenvalue weighted by molar-refractivity contribution is -0.130. The lowest BCUT2D eigenvalue weighted by atomic mass is 10.2. The molecule has 1 atom stereocenters. The molecule has 1 fully saturated rings. The summed E-state index contributed by atoms with van der Waals surface area (Å²) in [6, 6.07) is 5.49. The van der Waals surface area contributed by atoms with Crippen LogP contribution in [0.5, 0.6) is 0 Å². The molecule has 1 aliphatic rings. The van der Waals surface area contributed by atoms with Crippen molar-refractivity contribution >= 4 is 5.91 Å². The molecular formula is C12H15N3O2. The summed E-state index contributed by atoms with van der Waals surface area (Å²) in [5.41, 5.74) is 0. The molecule has 5 heteroatoms. The highest BCUT2D eigenvalue weighted by Crippen LogP contribution is 2.21. The molecule has 90 valence electrons. The van der Waals surface area contributed by atoms with E-state index in [4.69, 9.17) is 4.42 Å². The average Bonchev–Trinajstić information content (AvgIpc) is 2.84. The minimum atomic E-state index is -0.348. The number of carbonyl (C=O) groups excluding carboxylic acids is 1. The van der Waals surface area contributed by atoms with Gasteiger partial charge in [-0.1, -0.05) is 0 Å². The third-order valence-electron chi connectivity index (χ3n) is 3.06. The van der Waals surface area contributed by atoms with Gasteiger partial charge >= 0.3 is 0 Å². The highest BCUT2D eigenvalue weighted by atomic mass is 16.3. The monoisotopic (exact) mass is 233 g/mol. The van der Waals surface area contributed by atoms with E-state index in [0.717, 1.165) is 0 Å². The number of amides is 1. The molecule has 1 aromatic rings. The maximum absolute atomic E-state index is 11.2. The van der Waals surface area contributed by atoms with Crippen LogP contribution in [0, 0.1) is 11.3 Å². The molecule has 0 radical (unpaired) electrons. The van der Waals surface area contributed by atoms with Crippen molar-refractivity contribution in [3.8, 4) is 6.07 Å². The molecule has 1 amide bonds. The van der Waals surface area contributed by atoms with E-state index in [1.165, 1.54) is 0 Å². The molecule has 0 spiro atoms. The van der Waals surface area contributed by atoms with Gasteiger partial charge in [0.05, 0.1) is 12.3 Å². The standard InChI is InChI=1S/C12H15N3O2/c1-10(16)14-4-6-15(7-5-14)11(9-13)12-3-2-8-17-12/h2-3,8,11H,4-7H2,1H3. The van der Waals surface area contributed by atoms with E-state index in [1.54, 1.807) is 24.2 Å². The number of hydrogen-bond donors (Lipinski definition) is 0. The number of nitriles is 1. The van der Waals surface area contributed by atoms with Gasteiger partial charge in [-0.05, 0) is 12.1 Å². The molecule has 0 saturated carbocycles. The quantitative estimate of drug-likeness (QED) is 0.764. The van der Waals surface area contributed by atoms with E-state index >= 15 is 0 Å². The van der Waals surface area contributed by atoms with Crippen molar-refractivity contribution in [3.63, 3.8) is 0 Å².